The second-order valence-corrected chi connectivity index (χ2v) is 7.34. The van der Waals surface area contributed by atoms with E-state index in [4.69, 9.17) is 4.74 Å². The van der Waals surface area contributed by atoms with E-state index in [2.05, 4.69) is 5.32 Å². The van der Waals surface area contributed by atoms with Crippen LogP contribution < -0.4 is 15.0 Å². The lowest BCUT2D eigenvalue weighted by atomic mass is 10.1. The Morgan fingerprint density at radius 3 is 2.32 bits per heavy atom. The SMILES string of the molecule is CCOc1ccc(N2C(=O)c3ccc(C(=O)NCc4ccc(C)n4C)cc3C2=O)cc1. The third-order valence-electron chi connectivity index (χ3n) is 5.46. The number of carbonyl (C=O) groups is 3. The molecule has 4 rings (SSSR count). The summed E-state index contributed by atoms with van der Waals surface area (Å²) in [6.07, 6.45) is 0. The molecule has 7 nitrogen and oxygen atoms in total. The van der Waals surface area contributed by atoms with Gasteiger partial charge in [0.05, 0.1) is 30.0 Å². The zero-order valence-corrected chi connectivity index (χ0v) is 17.6. The first-order valence-electron chi connectivity index (χ1n) is 10.1. The Morgan fingerprint density at radius 1 is 0.968 bits per heavy atom. The average Bonchev–Trinajstić information content (AvgIpc) is 3.23. The molecule has 1 N–H and O–H groups in total. The van der Waals surface area contributed by atoms with Crippen LogP contribution in [0.25, 0.3) is 0 Å². The van der Waals surface area contributed by atoms with Gasteiger partial charge in [0.15, 0.2) is 0 Å². The van der Waals surface area contributed by atoms with Crippen molar-refractivity contribution >= 4 is 23.4 Å². The van der Waals surface area contributed by atoms with E-state index in [0.29, 0.717) is 30.2 Å². The first-order valence-corrected chi connectivity index (χ1v) is 10.1. The maximum absolute atomic E-state index is 13.0. The monoisotopic (exact) mass is 417 g/mol. The zero-order valence-electron chi connectivity index (χ0n) is 17.6. The van der Waals surface area contributed by atoms with E-state index >= 15 is 0 Å². The summed E-state index contributed by atoms with van der Waals surface area (Å²) in [4.78, 5) is 39.5. The van der Waals surface area contributed by atoms with Gasteiger partial charge >= 0.3 is 0 Å². The number of nitrogens with zero attached hydrogens (tertiary/aromatic N) is 2. The molecule has 0 spiro atoms. The lowest BCUT2D eigenvalue weighted by molar-refractivity contribution is 0.0923. The molecule has 0 bridgehead atoms. The van der Waals surface area contributed by atoms with Crippen molar-refractivity contribution in [1.82, 2.24) is 9.88 Å². The van der Waals surface area contributed by atoms with Crippen molar-refractivity contribution in [3.63, 3.8) is 0 Å². The summed E-state index contributed by atoms with van der Waals surface area (Å²) in [6.45, 7) is 4.77. The molecule has 1 aliphatic rings. The molecule has 0 saturated heterocycles. The fourth-order valence-corrected chi connectivity index (χ4v) is 3.59. The number of ether oxygens (including phenoxy) is 1. The second kappa shape index (κ2) is 8.10. The van der Waals surface area contributed by atoms with E-state index in [1.54, 1.807) is 30.3 Å². The molecule has 3 aromatic rings. The number of benzene rings is 2. The van der Waals surface area contributed by atoms with Crippen LogP contribution in [-0.4, -0.2) is 28.9 Å². The molecule has 158 valence electrons. The van der Waals surface area contributed by atoms with Crippen LogP contribution >= 0.6 is 0 Å². The number of rotatable bonds is 6. The van der Waals surface area contributed by atoms with E-state index < -0.39 is 11.8 Å². The molecular weight excluding hydrogens is 394 g/mol. The van der Waals surface area contributed by atoms with E-state index in [0.717, 1.165) is 16.3 Å². The minimum Gasteiger partial charge on any atom is -0.494 e. The fraction of sp³-hybridized carbons (Fsp3) is 0.208. The normalized spacial score (nSPS) is 12.8. The molecule has 2 heterocycles. The van der Waals surface area contributed by atoms with Gasteiger partial charge in [0.2, 0.25) is 0 Å². The molecule has 0 unspecified atom stereocenters. The van der Waals surface area contributed by atoms with Gasteiger partial charge < -0.3 is 14.6 Å². The summed E-state index contributed by atoms with van der Waals surface area (Å²) < 4.78 is 7.41. The van der Waals surface area contributed by atoms with Crippen molar-refractivity contribution in [2.45, 2.75) is 20.4 Å². The molecule has 2 aromatic carbocycles. The third-order valence-corrected chi connectivity index (χ3v) is 5.46. The highest BCUT2D eigenvalue weighted by Crippen LogP contribution is 2.30. The summed E-state index contributed by atoms with van der Waals surface area (Å²) in [5, 5.41) is 2.86. The minimum absolute atomic E-state index is 0.223. The van der Waals surface area contributed by atoms with Gasteiger partial charge in [0, 0.05) is 24.0 Å². The summed E-state index contributed by atoms with van der Waals surface area (Å²) in [6, 6.07) is 15.3. The van der Waals surface area contributed by atoms with Crippen LogP contribution in [0.15, 0.2) is 54.6 Å². The Kier molecular flexibility index (Phi) is 5.33. The molecule has 31 heavy (non-hydrogen) atoms. The molecule has 1 aliphatic heterocycles. The molecule has 0 fully saturated rings. The molecule has 0 saturated carbocycles. The summed E-state index contributed by atoms with van der Waals surface area (Å²) in [5.74, 6) is -0.496. The summed E-state index contributed by atoms with van der Waals surface area (Å²) >= 11 is 0. The first kappa shape index (κ1) is 20.4. The van der Waals surface area contributed by atoms with Crippen molar-refractivity contribution in [3.05, 3.63) is 82.7 Å². The maximum atomic E-state index is 13.0. The largest absolute Gasteiger partial charge is 0.494 e. The van der Waals surface area contributed by atoms with Gasteiger partial charge in [-0.05, 0) is 68.4 Å². The number of hydrogen-bond donors (Lipinski definition) is 1. The molecule has 0 atom stereocenters. The van der Waals surface area contributed by atoms with Gasteiger partial charge in [-0.25, -0.2) is 4.90 Å². The fourth-order valence-electron chi connectivity index (χ4n) is 3.59. The number of aromatic nitrogens is 1. The van der Waals surface area contributed by atoms with Crippen molar-refractivity contribution < 1.29 is 19.1 Å². The Labute approximate surface area is 180 Å². The van der Waals surface area contributed by atoms with Gasteiger partial charge in [0.1, 0.15) is 5.75 Å². The van der Waals surface area contributed by atoms with Crippen LogP contribution in [0.4, 0.5) is 5.69 Å². The van der Waals surface area contributed by atoms with Gasteiger partial charge in [-0.15, -0.1) is 0 Å². The van der Waals surface area contributed by atoms with E-state index in [1.807, 2.05) is 37.6 Å². The molecular formula is C24H23N3O4. The number of hydrogen-bond acceptors (Lipinski definition) is 4. The zero-order chi connectivity index (χ0) is 22.1. The number of amides is 3. The molecule has 0 aliphatic carbocycles. The Hall–Kier alpha value is -3.87. The predicted molar refractivity (Wildman–Crippen MR) is 117 cm³/mol. The number of carbonyl (C=O) groups excluding carboxylic acids is 3. The van der Waals surface area contributed by atoms with Gasteiger partial charge in [-0.1, -0.05) is 0 Å². The van der Waals surface area contributed by atoms with Crippen molar-refractivity contribution in [2.24, 2.45) is 7.05 Å². The highest BCUT2D eigenvalue weighted by molar-refractivity contribution is 6.34. The standard InChI is InChI=1S/C24H23N3O4/c1-4-31-19-10-8-17(9-11-19)27-23(29)20-12-6-16(13-21(20)24(27)30)22(28)25-14-18-7-5-15(2)26(18)3/h5-13H,4,14H2,1-3H3,(H,25,28). The summed E-state index contributed by atoms with van der Waals surface area (Å²) in [7, 11) is 1.94. The lowest BCUT2D eigenvalue weighted by Gasteiger charge is -2.14. The average molecular weight is 417 g/mol. The summed E-state index contributed by atoms with van der Waals surface area (Å²) in [5.41, 5.74) is 3.37. The van der Waals surface area contributed by atoms with E-state index in [9.17, 15) is 14.4 Å². The predicted octanol–water partition coefficient (Wildman–Crippen LogP) is 3.46. The Balaban J connectivity index is 1.53. The Morgan fingerprint density at radius 2 is 1.68 bits per heavy atom. The van der Waals surface area contributed by atoms with Crippen LogP contribution in [-0.2, 0) is 13.6 Å². The molecule has 7 heteroatoms. The van der Waals surface area contributed by atoms with Crippen LogP contribution in [0, 0.1) is 6.92 Å². The van der Waals surface area contributed by atoms with Gasteiger partial charge in [0.25, 0.3) is 17.7 Å². The highest BCUT2D eigenvalue weighted by Gasteiger charge is 2.37. The third kappa shape index (κ3) is 3.70. The van der Waals surface area contributed by atoms with Crippen LogP contribution in [0.2, 0.25) is 0 Å². The molecule has 3 amide bonds. The Bertz CT molecular complexity index is 1180. The second-order valence-electron chi connectivity index (χ2n) is 7.34. The number of anilines is 1. The van der Waals surface area contributed by atoms with Gasteiger partial charge in [-0.3, -0.25) is 14.4 Å². The number of aryl methyl sites for hydroxylation is 1. The smallest absolute Gasteiger partial charge is 0.266 e. The minimum atomic E-state index is -0.447. The van der Waals surface area contributed by atoms with Gasteiger partial charge in [-0.2, -0.15) is 0 Å². The van der Waals surface area contributed by atoms with Crippen LogP contribution in [0.5, 0.6) is 5.75 Å². The maximum Gasteiger partial charge on any atom is 0.266 e. The van der Waals surface area contributed by atoms with Crippen LogP contribution in [0.1, 0.15) is 49.4 Å². The van der Waals surface area contributed by atoms with E-state index in [1.165, 1.54) is 12.1 Å². The lowest BCUT2D eigenvalue weighted by Crippen LogP contribution is -2.29. The number of fused-ring (bicyclic) bond motifs is 1. The number of nitrogens with one attached hydrogen (secondary N) is 1. The number of imide groups is 1. The topological polar surface area (TPSA) is 80.6 Å². The quantitative estimate of drug-likeness (QED) is 0.623. The highest BCUT2D eigenvalue weighted by atomic mass is 16.5. The van der Waals surface area contributed by atoms with Crippen molar-refractivity contribution in [3.8, 4) is 5.75 Å². The molecule has 1 aromatic heterocycles. The first-order chi connectivity index (χ1) is 14.9. The van der Waals surface area contributed by atoms with Crippen molar-refractivity contribution in [2.75, 3.05) is 11.5 Å². The van der Waals surface area contributed by atoms with Crippen LogP contribution in [0.3, 0.4) is 0 Å². The van der Waals surface area contributed by atoms with E-state index in [-0.39, 0.29) is 17.0 Å². The molecule has 0 radical (unpaired) electrons. The van der Waals surface area contributed by atoms with Crippen molar-refractivity contribution in [1.29, 1.82) is 0 Å².